The molecule has 1 saturated heterocycles. The van der Waals surface area contributed by atoms with Crippen molar-refractivity contribution in [3.05, 3.63) is 34.9 Å². The number of aliphatic hydroxyl groups excluding tert-OH is 1. The van der Waals surface area contributed by atoms with Crippen LogP contribution >= 0.6 is 0 Å². The number of anilines is 1. The number of H-pyrrole nitrogens is 1. The van der Waals surface area contributed by atoms with Crippen LogP contribution < -0.4 is 4.90 Å². The lowest BCUT2D eigenvalue weighted by Gasteiger charge is -2.23. The quantitative estimate of drug-likeness (QED) is 0.889. The molecule has 2 aromatic heterocycles. The van der Waals surface area contributed by atoms with Gasteiger partial charge in [-0.1, -0.05) is 0 Å². The van der Waals surface area contributed by atoms with Gasteiger partial charge in [0.2, 0.25) is 5.95 Å². The van der Waals surface area contributed by atoms with Gasteiger partial charge in [0.25, 0.3) is 0 Å². The molecule has 0 bridgehead atoms. The molecule has 0 amide bonds. The van der Waals surface area contributed by atoms with Crippen molar-refractivity contribution in [3.8, 4) is 0 Å². The molecule has 20 heavy (non-hydrogen) atoms. The molecule has 2 N–H and O–H groups in total. The summed E-state index contributed by atoms with van der Waals surface area (Å²) in [6, 6.07) is 4.09. The van der Waals surface area contributed by atoms with E-state index < -0.39 is 0 Å². The van der Waals surface area contributed by atoms with Crippen molar-refractivity contribution in [3.63, 3.8) is 0 Å². The summed E-state index contributed by atoms with van der Waals surface area (Å²) in [7, 11) is 0. The molecule has 0 saturated carbocycles. The normalized spacial score (nSPS) is 18.8. The van der Waals surface area contributed by atoms with Gasteiger partial charge in [0.15, 0.2) is 0 Å². The van der Waals surface area contributed by atoms with Crippen LogP contribution in [0.25, 0.3) is 0 Å². The Labute approximate surface area is 117 Å². The molecule has 0 spiro atoms. The van der Waals surface area contributed by atoms with Gasteiger partial charge in [0.1, 0.15) is 0 Å². The molecule has 2 aromatic rings. The Balaban J connectivity index is 1.91. The number of aromatic nitrogens is 4. The minimum atomic E-state index is -0.0141. The molecule has 1 aliphatic heterocycles. The second-order valence-corrected chi connectivity index (χ2v) is 5.28. The van der Waals surface area contributed by atoms with Gasteiger partial charge in [-0.15, -0.1) is 0 Å². The Bertz CT molecular complexity index is 589. The Morgan fingerprint density at radius 1 is 1.30 bits per heavy atom. The second-order valence-electron chi connectivity index (χ2n) is 5.28. The zero-order valence-electron chi connectivity index (χ0n) is 11.8. The van der Waals surface area contributed by atoms with Crippen LogP contribution in [-0.4, -0.2) is 31.8 Å². The molecule has 106 valence electrons. The van der Waals surface area contributed by atoms with Gasteiger partial charge in [0, 0.05) is 17.9 Å². The van der Waals surface area contributed by atoms with E-state index in [-0.39, 0.29) is 12.6 Å². The molecule has 3 heterocycles. The number of hydrogen-bond donors (Lipinski definition) is 2. The average molecular weight is 273 g/mol. The van der Waals surface area contributed by atoms with Gasteiger partial charge in [-0.05, 0) is 38.8 Å². The average Bonchev–Trinajstić information content (AvgIpc) is 3.06. The van der Waals surface area contributed by atoms with Gasteiger partial charge in [0.05, 0.1) is 24.0 Å². The molecule has 1 fully saturated rings. The lowest BCUT2D eigenvalue weighted by atomic mass is 10.1. The second kappa shape index (κ2) is 5.20. The molecule has 1 aliphatic rings. The van der Waals surface area contributed by atoms with Crippen LogP contribution in [0.4, 0.5) is 5.95 Å². The van der Waals surface area contributed by atoms with Crippen LogP contribution in [0.3, 0.4) is 0 Å². The van der Waals surface area contributed by atoms with Crippen LogP contribution in [0, 0.1) is 13.8 Å². The van der Waals surface area contributed by atoms with E-state index in [0.29, 0.717) is 0 Å². The lowest BCUT2D eigenvalue weighted by Crippen LogP contribution is -2.25. The van der Waals surface area contributed by atoms with Crippen molar-refractivity contribution in [2.75, 3.05) is 11.4 Å². The summed E-state index contributed by atoms with van der Waals surface area (Å²) in [5, 5.41) is 16.3. The first-order valence-electron chi connectivity index (χ1n) is 6.91. The number of hydrogen-bond acceptors (Lipinski definition) is 5. The van der Waals surface area contributed by atoms with E-state index in [9.17, 15) is 0 Å². The standard InChI is InChI=1S/C14H19N5O/c1-9-6-10(2)16-14(15-9)19-5-3-4-13(19)12-7-11(8-20)17-18-12/h6-7,13,20H,3-5,8H2,1-2H3,(H,17,18)/t13-/m1/s1. The van der Waals surface area contributed by atoms with E-state index in [1.807, 2.05) is 26.0 Å². The highest BCUT2D eigenvalue weighted by atomic mass is 16.3. The summed E-state index contributed by atoms with van der Waals surface area (Å²) in [5.41, 5.74) is 3.66. The highest BCUT2D eigenvalue weighted by molar-refractivity contribution is 5.38. The maximum absolute atomic E-state index is 9.14. The minimum Gasteiger partial charge on any atom is -0.390 e. The minimum absolute atomic E-state index is 0.0141. The fourth-order valence-electron chi connectivity index (χ4n) is 2.78. The molecule has 6 nitrogen and oxygen atoms in total. The van der Waals surface area contributed by atoms with Crippen molar-refractivity contribution in [2.24, 2.45) is 0 Å². The lowest BCUT2D eigenvalue weighted by molar-refractivity contribution is 0.276. The van der Waals surface area contributed by atoms with Crippen molar-refractivity contribution >= 4 is 5.95 Å². The Morgan fingerprint density at radius 2 is 2.05 bits per heavy atom. The van der Waals surface area contributed by atoms with Gasteiger partial charge in [-0.25, -0.2) is 9.97 Å². The van der Waals surface area contributed by atoms with Gasteiger partial charge < -0.3 is 10.0 Å². The van der Waals surface area contributed by atoms with E-state index in [1.54, 1.807) is 0 Å². The van der Waals surface area contributed by atoms with E-state index in [2.05, 4.69) is 25.1 Å². The molecule has 0 aromatic carbocycles. The summed E-state index contributed by atoms with van der Waals surface area (Å²) >= 11 is 0. The number of aryl methyl sites for hydroxylation is 2. The number of rotatable bonds is 3. The van der Waals surface area contributed by atoms with Crippen LogP contribution in [-0.2, 0) is 6.61 Å². The largest absolute Gasteiger partial charge is 0.390 e. The third kappa shape index (κ3) is 2.38. The van der Waals surface area contributed by atoms with Crippen LogP contribution in [0.15, 0.2) is 12.1 Å². The number of aliphatic hydroxyl groups is 1. The SMILES string of the molecule is Cc1cc(C)nc(N2CCC[C@@H]2c2cc(CO)[nH]n2)n1. The number of nitrogens with one attached hydrogen (secondary N) is 1. The van der Waals surface area contributed by atoms with Gasteiger partial charge in [-0.2, -0.15) is 5.10 Å². The topological polar surface area (TPSA) is 77.9 Å². The first-order chi connectivity index (χ1) is 9.67. The van der Waals surface area contributed by atoms with Crippen LogP contribution in [0.2, 0.25) is 0 Å². The Morgan fingerprint density at radius 3 is 2.70 bits per heavy atom. The molecule has 0 radical (unpaired) electrons. The molecule has 1 atom stereocenters. The number of nitrogens with zero attached hydrogens (tertiary/aromatic N) is 4. The summed E-state index contributed by atoms with van der Waals surface area (Å²) in [4.78, 5) is 11.3. The van der Waals surface area contributed by atoms with Crippen molar-refractivity contribution in [1.82, 2.24) is 20.2 Å². The van der Waals surface area contributed by atoms with E-state index in [1.165, 1.54) is 0 Å². The maximum atomic E-state index is 9.14. The Hall–Kier alpha value is -1.95. The molecular formula is C14H19N5O. The summed E-state index contributed by atoms with van der Waals surface area (Å²) in [6.07, 6.45) is 2.13. The van der Waals surface area contributed by atoms with Gasteiger partial charge in [-0.3, -0.25) is 5.10 Å². The zero-order valence-corrected chi connectivity index (χ0v) is 11.8. The zero-order chi connectivity index (χ0) is 14.1. The van der Waals surface area contributed by atoms with Crippen LogP contribution in [0.5, 0.6) is 0 Å². The maximum Gasteiger partial charge on any atom is 0.226 e. The first kappa shape index (κ1) is 13.1. The Kier molecular flexibility index (Phi) is 3.40. The smallest absolute Gasteiger partial charge is 0.226 e. The predicted molar refractivity (Wildman–Crippen MR) is 75.3 cm³/mol. The van der Waals surface area contributed by atoms with E-state index >= 15 is 0 Å². The van der Waals surface area contributed by atoms with Crippen LogP contribution in [0.1, 0.15) is 41.7 Å². The third-order valence-corrected chi connectivity index (χ3v) is 3.64. The monoisotopic (exact) mass is 273 g/mol. The summed E-state index contributed by atoms with van der Waals surface area (Å²) in [5.74, 6) is 0.776. The summed E-state index contributed by atoms with van der Waals surface area (Å²) in [6.45, 7) is 4.90. The van der Waals surface area contributed by atoms with Gasteiger partial charge >= 0.3 is 0 Å². The first-order valence-corrected chi connectivity index (χ1v) is 6.91. The summed E-state index contributed by atoms with van der Waals surface area (Å²) < 4.78 is 0. The highest BCUT2D eigenvalue weighted by Gasteiger charge is 2.30. The predicted octanol–water partition coefficient (Wildman–Crippen LogP) is 1.65. The fraction of sp³-hybridized carbons (Fsp3) is 0.500. The fourth-order valence-corrected chi connectivity index (χ4v) is 2.78. The molecule has 3 rings (SSSR count). The van der Waals surface area contributed by atoms with Crippen molar-refractivity contribution in [1.29, 1.82) is 0 Å². The highest BCUT2D eigenvalue weighted by Crippen LogP contribution is 2.33. The van der Waals surface area contributed by atoms with Crippen molar-refractivity contribution < 1.29 is 5.11 Å². The third-order valence-electron chi connectivity index (χ3n) is 3.64. The van der Waals surface area contributed by atoms with Crippen molar-refractivity contribution in [2.45, 2.75) is 39.3 Å². The molecular weight excluding hydrogens is 254 g/mol. The number of aromatic amines is 1. The molecule has 0 unspecified atom stereocenters. The van der Waals surface area contributed by atoms with E-state index in [4.69, 9.17) is 5.11 Å². The van der Waals surface area contributed by atoms with E-state index in [0.717, 1.165) is 48.1 Å². The molecule has 0 aliphatic carbocycles. The molecule has 6 heteroatoms.